The number of carbonyl (C=O) groups excluding carboxylic acids is 1. The van der Waals surface area contributed by atoms with Crippen LogP contribution in [0.15, 0.2) is 53.6 Å². The molecule has 0 bridgehead atoms. The van der Waals surface area contributed by atoms with Crippen molar-refractivity contribution in [1.82, 2.24) is 9.88 Å². The van der Waals surface area contributed by atoms with Crippen LogP contribution in [0.1, 0.15) is 24.8 Å². The van der Waals surface area contributed by atoms with Gasteiger partial charge in [-0.2, -0.15) is 5.26 Å². The third-order valence-electron chi connectivity index (χ3n) is 5.97. The van der Waals surface area contributed by atoms with E-state index >= 15 is 0 Å². The Balaban J connectivity index is 1.76. The van der Waals surface area contributed by atoms with Gasteiger partial charge in [-0.3, -0.25) is 4.79 Å². The molecule has 0 spiro atoms. The van der Waals surface area contributed by atoms with E-state index in [4.69, 9.17) is 26.1 Å². The molecule has 8 heteroatoms. The van der Waals surface area contributed by atoms with Crippen molar-refractivity contribution in [3.63, 3.8) is 0 Å². The van der Waals surface area contributed by atoms with Crippen molar-refractivity contribution in [2.45, 2.75) is 24.3 Å². The molecule has 6 nitrogen and oxygen atoms in total. The molecule has 1 saturated heterocycles. The lowest BCUT2D eigenvalue weighted by atomic mass is 9.99. The van der Waals surface area contributed by atoms with E-state index in [1.165, 1.54) is 11.8 Å². The van der Waals surface area contributed by atoms with Gasteiger partial charge in [0.25, 0.3) is 0 Å². The zero-order valence-corrected chi connectivity index (χ0v) is 21.3. The highest BCUT2D eigenvalue weighted by Crippen LogP contribution is 2.37. The minimum Gasteiger partial charge on any atom is -0.493 e. The summed E-state index contributed by atoms with van der Waals surface area (Å²) in [5.74, 6) is 1.50. The fraction of sp³-hybridized carbons (Fsp3) is 0.296. The lowest BCUT2D eigenvalue weighted by Gasteiger charge is -2.26. The highest BCUT2D eigenvalue weighted by atomic mass is 35.5. The monoisotopic (exact) mass is 507 g/mol. The number of hydrogen-bond acceptors (Lipinski definition) is 6. The molecule has 35 heavy (non-hydrogen) atoms. The zero-order valence-electron chi connectivity index (χ0n) is 19.7. The number of carbonyl (C=O) groups is 1. The minimum atomic E-state index is 0.0740. The second-order valence-electron chi connectivity index (χ2n) is 8.15. The number of ether oxygens (including phenoxy) is 2. The number of likely N-dealkylation sites (tertiary alicyclic amines) is 1. The van der Waals surface area contributed by atoms with Crippen LogP contribution in [0.5, 0.6) is 11.5 Å². The van der Waals surface area contributed by atoms with Gasteiger partial charge >= 0.3 is 0 Å². The van der Waals surface area contributed by atoms with Gasteiger partial charge in [-0.25, -0.2) is 4.98 Å². The number of thioether (sulfide) groups is 1. The number of rotatable bonds is 7. The molecule has 1 aliphatic heterocycles. The second kappa shape index (κ2) is 11.5. The summed E-state index contributed by atoms with van der Waals surface area (Å²) in [5, 5.41) is 11.2. The number of hydrogen-bond donors (Lipinski definition) is 0. The Morgan fingerprint density at radius 2 is 1.71 bits per heavy atom. The average Bonchev–Trinajstić information content (AvgIpc) is 2.91. The summed E-state index contributed by atoms with van der Waals surface area (Å²) < 4.78 is 10.8. The number of benzene rings is 2. The summed E-state index contributed by atoms with van der Waals surface area (Å²) in [4.78, 5) is 19.5. The van der Waals surface area contributed by atoms with Gasteiger partial charge in [0.2, 0.25) is 5.91 Å². The fourth-order valence-corrected chi connectivity index (χ4v) is 5.13. The number of pyridine rings is 1. The fourth-order valence-electron chi connectivity index (χ4n) is 4.10. The van der Waals surface area contributed by atoms with Crippen LogP contribution in [-0.2, 0) is 4.79 Å². The van der Waals surface area contributed by atoms with Gasteiger partial charge in [0.15, 0.2) is 11.5 Å². The van der Waals surface area contributed by atoms with Crippen molar-refractivity contribution in [2.24, 2.45) is 0 Å². The summed E-state index contributed by atoms with van der Waals surface area (Å²) in [6.07, 6.45) is 3.23. The highest BCUT2D eigenvalue weighted by molar-refractivity contribution is 8.00. The first-order chi connectivity index (χ1) is 17.0. The van der Waals surface area contributed by atoms with Crippen molar-refractivity contribution in [2.75, 3.05) is 33.1 Å². The molecule has 3 aromatic rings. The molecule has 0 saturated carbocycles. The standard InChI is InChI=1S/C27H26ClN3O3S/c1-33-24-11-8-19(14-25(24)34-2)23-15-21(18-6-9-20(28)10-7-18)22(16-29)27(30-23)35-17-26(32)31-12-4-3-5-13-31/h6-11,14-15H,3-5,12-13,17H2,1-2H3. The van der Waals surface area contributed by atoms with Crippen molar-refractivity contribution in [3.05, 3.63) is 59.1 Å². The van der Waals surface area contributed by atoms with Crippen LogP contribution < -0.4 is 9.47 Å². The molecule has 0 radical (unpaired) electrons. The number of piperidine rings is 1. The Morgan fingerprint density at radius 1 is 1.03 bits per heavy atom. The van der Waals surface area contributed by atoms with Crippen molar-refractivity contribution < 1.29 is 14.3 Å². The van der Waals surface area contributed by atoms with Crippen LogP contribution in [0, 0.1) is 11.3 Å². The second-order valence-corrected chi connectivity index (χ2v) is 9.55. The molecule has 1 amide bonds. The lowest BCUT2D eigenvalue weighted by molar-refractivity contribution is -0.129. The predicted octanol–water partition coefficient (Wildman–Crippen LogP) is 6.06. The van der Waals surface area contributed by atoms with Crippen molar-refractivity contribution >= 4 is 29.3 Å². The molecule has 4 rings (SSSR count). The summed E-state index contributed by atoms with van der Waals surface area (Å²) in [7, 11) is 3.17. The number of methoxy groups -OCH3 is 2. The van der Waals surface area contributed by atoms with Crippen LogP contribution >= 0.6 is 23.4 Å². The summed E-state index contributed by atoms with van der Waals surface area (Å²) >= 11 is 7.41. The molecule has 0 atom stereocenters. The largest absolute Gasteiger partial charge is 0.493 e. The quantitative estimate of drug-likeness (QED) is 0.362. The van der Waals surface area contributed by atoms with Crippen molar-refractivity contribution in [1.29, 1.82) is 5.26 Å². The van der Waals surface area contributed by atoms with Gasteiger partial charge in [0.05, 0.1) is 31.2 Å². The number of aromatic nitrogens is 1. The van der Waals surface area contributed by atoms with E-state index in [1.807, 2.05) is 41.3 Å². The SMILES string of the molecule is COc1ccc(-c2cc(-c3ccc(Cl)cc3)c(C#N)c(SCC(=O)N3CCCCC3)n2)cc1OC. The van der Waals surface area contributed by atoms with E-state index in [9.17, 15) is 10.1 Å². The molecule has 1 aromatic heterocycles. The van der Waals surface area contributed by atoms with E-state index in [-0.39, 0.29) is 11.7 Å². The minimum absolute atomic E-state index is 0.0740. The van der Waals surface area contributed by atoms with E-state index in [1.54, 1.807) is 26.4 Å². The first-order valence-electron chi connectivity index (χ1n) is 11.4. The van der Waals surface area contributed by atoms with Gasteiger partial charge in [0.1, 0.15) is 11.1 Å². The molecular formula is C27H26ClN3O3S. The molecule has 1 aliphatic rings. The maximum atomic E-state index is 12.8. The van der Waals surface area contributed by atoms with Gasteiger partial charge in [-0.1, -0.05) is 35.5 Å². The van der Waals surface area contributed by atoms with E-state index < -0.39 is 0 Å². The zero-order chi connectivity index (χ0) is 24.8. The normalized spacial score (nSPS) is 13.3. The third kappa shape index (κ3) is 5.72. The van der Waals surface area contributed by atoms with Crippen LogP contribution in [0.2, 0.25) is 5.02 Å². The highest BCUT2D eigenvalue weighted by Gasteiger charge is 2.21. The Hall–Kier alpha value is -3.21. The molecule has 2 aromatic carbocycles. The molecule has 1 fully saturated rings. The molecular weight excluding hydrogens is 482 g/mol. The molecule has 0 unspecified atom stereocenters. The summed E-state index contributed by atoms with van der Waals surface area (Å²) in [6.45, 7) is 1.58. The number of nitrogens with zero attached hydrogens (tertiary/aromatic N) is 3. The van der Waals surface area contributed by atoms with Crippen LogP contribution in [0.4, 0.5) is 0 Å². The summed E-state index contributed by atoms with van der Waals surface area (Å²) in [5.41, 5.74) is 3.50. The van der Waals surface area contributed by atoms with E-state index in [0.29, 0.717) is 32.8 Å². The van der Waals surface area contributed by atoms with Crippen LogP contribution in [0.25, 0.3) is 22.4 Å². The Labute approximate surface area is 214 Å². The average molecular weight is 508 g/mol. The Morgan fingerprint density at radius 3 is 2.37 bits per heavy atom. The molecule has 0 N–H and O–H groups in total. The molecule has 0 aliphatic carbocycles. The lowest BCUT2D eigenvalue weighted by Crippen LogP contribution is -2.36. The first kappa shape index (κ1) is 24.9. The number of nitriles is 1. The number of amides is 1. The Kier molecular flexibility index (Phi) is 8.17. The number of halogens is 1. The van der Waals surface area contributed by atoms with E-state index in [2.05, 4.69) is 6.07 Å². The Bertz CT molecular complexity index is 1250. The van der Waals surface area contributed by atoms with Crippen LogP contribution in [-0.4, -0.2) is 48.9 Å². The van der Waals surface area contributed by atoms with E-state index in [0.717, 1.165) is 49.0 Å². The third-order valence-corrected chi connectivity index (χ3v) is 7.19. The molecule has 2 heterocycles. The predicted molar refractivity (Wildman–Crippen MR) is 139 cm³/mol. The van der Waals surface area contributed by atoms with Crippen molar-refractivity contribution in [3.8, 4) is 40.0 Å². The van der Waals surface area contributed by atoms with Gasteiger partial charge < -0.3 is 14.4 Å². The molecule has 180 valence electrons. The first-order valence-corrected chi connectivity index (χ1v) is 12.7. The maximum absolute atomic E-state index is 12.8. The summed E-state index contributed by atoms with van der Waals surface area (Å²) in [6, 6.07) is 17.1. The van der Waals surface area contributed by atoms with Gasteiger partial charge in [-0.05, 0) is 61.2 Å². The van der Waals surface area contributed by atoms with Crippen LogP contribution in [0.3, 0.4) is 0 Å². The van der Waals surface area contributed by atoms with Gasteiger partial charge in [-0.15, -0.1) is 0 Å². The maximum Gasteiger partial charge on any atom is 0.232 e. The topological polar surface area (TPSA) is 75.5 Å². The van der Waals surface area contributed by atoms with Gasteiger partial charge in [0, 0.05) is 29.2 Å². The smallest absolute Gasteiger partial charge is 0.232 e.